The van der Waals surface area contributed by atoms with Crippen molar-refractivity contribution in [2.45, 2.75) is 12.1 Å². The van der Waals surface area contributed by atoms with Gasteiger partial charge in [0.15, 0.2) is 5.11 Å². The highest BCUT2D eigenvalue weighted by molar-refractivity contribution is 7.80. The molecule has 1 saturated heterocycles. The Morgan fingerprint density at radius 1 is 0.902 bits per heavy atom. The predicted molar refractivity (Wildman–Crippen MR) is 158 cm³/mol. The molecule has 0 aliphatic carbocycles. The number of benzene rings is 3. The molecule has 1 fully saturated rings. The van der Waals surface area contributed by atoms with Crippen LogP contribution in [0.3, 0.4) is 0 Å². The number of anilines is 1. The molecular weight excluding hydrogens is 540 g/mol. The highest BCUT2D eigenvalue weighted by atomic mass is 32.1. The number of nitro benzene ring substituents is 1. The first kappa shape index (κ1) is 26.0. The number of aromatic nitrogens is 1. The monoisotopic (exact) mass is 564 g/mol. The molecule has 1 aliphatic rings. The van der Waals surface area contributed by atoms with E-state index >= 15 is 0 Å². The van der Waals surface area contributed by atoms with E-state index in [2.05, 4.69) is 10.3 Å². The van der Waals surface area contributed by atoms with Gasteiger partial charge in [-0.3, -0.25) is 15.1 Å². The van der Waals surface area contributed by atoms with Gasteiger partial charge in [-0.25, -0.2) is 0 Å². The van der Waals surface area contributed by atoms with Crippen LogP contribution >= 0.6 is 12.2 Å². The normalized spacial score (nSPS) is 16.3. The van der Waals surface area contributed by atoms with E-state index < -0.39 is 4.92 Å². The van der Waals surface area contributed by atoms with Crippen molar-refractivity contribution in [3.05, 3.63) is 131 Å². The van der Waals surface area contributed by atoms with Crippen molar-refractivity contribution in [2.24, 2.45) is 0 Å². The summed E-state index contributed by atoms with van der Waals surface area (Å²) < 4.78 is 17.6. The van der Waals surface area contributed by atoms with Gasteiger partial charge in [0.05, 0.1) is 23.8 Å². The summed E-state index contributed by atoms with van der Waals surface area (Å²) in [6.07, 6.45) is 1.75. The summed E-state index contributed by atoms with van der Waals surface area (Å²) in [6, 6.07) is 30.2. The van der Waals surface area contributed by atoms with Crippen molar-refractivity contribution >= 4 is 28.7 Å². The summed E-state index contributed by atoms with van der Waals surface area (Å²) in [6.45, 7) is 0. The van der Waals surface area contributed by atoms with Crippen LogP contribution in [0, 0.1) is 10.1 Å². The van der Waals surface area contributed by atoms with Crippen LogP contribution < -0.4 is 19.7 Å². The minimum atomic E-state index is -0.425. The second kappa shape index (κ2) is 11.1. The number of rotatable bonds is 8. The maximum absolute atomic E-state index is 11.1. The Balaban J connectivity index is 1.32. The third kappa shape index (κ3) is 5.32. The average molecular weight is 565 g/mol. The van der Waals surface area contributed by atoms with Crippen LogP contribution in [-0.4, -0.2) is 22.1 Å². The van der Waals surface area contributed by atoms with E-state index in [9.17, 15) is 10.1 Å². The van der Waals surface area contributed by atoms with Crippen LogP contribution in [0.5, 0.6) is 17.2 Å². The van der Waals surface area contributed by atoms with Gasteiger partial charge >= 0.3 is 0 Å². The quantitative estimate of drug-likeness (QED) is 0.119. The highest BCUT2D eigenvalue weighted by Crippen LogP contribution is 2.43. The molecule has 9 nitrogen and oxygen atoms in total. The second-order valence-electron chi connectivity index (χ2n) is 9.27. The Kier molecular flexibility index (Phi) is 7.05. The molecule has 1 aliphatic heterocycles. The van der Waals surface area contributed by atoms with E-state index in [1.54, 1.807) is 25.4 Å². The lowest BCUT2D eigenvalue weighted by Crippen LogP contribution is -2.29. The molecule has 6 rings (SSSR count). The van der Waals surface area contributed by atoms with Gasteiger partial charge in [-0.05, 0) is 97.1 Å². The Morgan fingerprint density at radius 3 is 2.22 bits per heavy atom. The first-order valence-corrected chi connectivity index (χ1v) is 13.2. The number of nitrogens with zero attached hydrogens (tertiary/aromatic N) is 3. The number of nitro groups is 1. The zero-order chi connectivity index (χ0) is 28.3. The molecule has 2 atom stereocenters. The van der Waals surface area contributed by atoms with Gasteiger partial charge in [-0.2, -0.15) is 0 Å². The Morgan fingerprint density at radius 2 is 1.59 bits per heavy atom. The first-order valence-electron chi connectivity index (χ1n) is 12.8. The summed E-state index contributed by atoms with van der Waals surface area (Å²) in [4.78, 5) is 17.2. The van der Waals surface area contributed by atoms with Gasteiger partial charge in [0.25, 0.3) is 5.69 Å². The van der Waals surface area contributed by atoms with Crippen LogP contribution in [0.2, 0.25) is 0 Å². The third-order valence-corrected chi connectivity index (χ3v) is 7.10. The molecule has 0 unspecified atom stereocenters. The number of furan rings is 1. The Labute approximate surface area is 241 Å². The fourth-order valence-corrected chi connectivity index (χ4v) is 5.14. The van der Waals surface area contributed by atoms with Crippen LogP contribution in [0.4, 0.5) is 11.4 Å². The van der Waals surface area contributed by atoms with Crippen LogP contribution in [0.15, 0.2) is 114 Å². The minimum absolute atomic E-state index is 0.0201. The predicted octanol–water partition coefficient (Wildman–Crippen LogP) is 7.23. The number of pyridine rings is 1. The number of ether oxygens (including phenoxy) is 2. The highest BCUT2D eigenvalue weighted by Gasteiger charge is 2.42. The van der Waals surface area contributed by atoms with Gasteiger partial charge in [-0.15, -0.1) is 0 Å². The number of methoxy groups -OCH3 is 1. The topological polar surface area (TPSA) is 103 Å². The van der Waals surface area contributed by atoms with Crippen molar-refractivity contribution < 1.29 is 18.8 Å². The Hall–Kier alpha value is -5.22. The lowest BCUT2D eigenvalue weighted by molar-refractivity contribution is -0.384. The number of hydrogen-bond acceptors (Lipinski definition) is 7. The molecule has 10 heteroatoms. The van der Waals surface area contributed by atoms with Gasteiger partial charge in [0, 0.05) is 29.6 Å². The molecule has 0 radical (unpaired) electrons. The standard InChI is InChI=1S/C31H24N4O5S/c1-38-23-13-15-25(16-14-23)39-24-11-9-21(10-12-24)34-30(29(33-31(34)41)26-4-2-3-19-32-26)28-18-17-27(40-28)20-5-7-22(8-6-20)35(36)37/h2-19,29-30H,1H3,(H,33,41)/t29-,30+/m0/s1. The smallest absolute Gasteiger partial charge is 0.269 e. The lowest BCUT2D eigenvalue weighted by atomic mass is 10.0. The Bertz CT molecular complexity index is 1670. The third-order valence-electron chi connectivity index (χ3n) is 6.79. The molecule has 2 aromatic heterocycles. The number of hydrogen-bond donors (Lipinski definition) is 1. The van der Waals surface area contributed by atoms with E-state index in [1.807, 2.05) is 83.8 Å². The van der Waals surface area contributed by atoms with Crippen molar-refractivity contribution in [1.82, 2.24) is 10.3 Å². The van der Waals surface area contributed by atoms with Gasteiger partial charge in [0.2, 0.25) is 0 Å². The van der Waals surface area contributed by atoms with E-state index in [-0.39, 0.29) is 17.8 Å². The molecule has 5 aromatic rings. The molecule has 1 N–H and O–H groups in total. The van der Waals surface area contributed by atoms with E-state index in [1.165, 1.54) is 12.1 Å². The molecule has 0 spiro atoms. The average Bonchev–Trinajstić information content (AvgIpc) is 3.63. The van der Waals surface area contributed by atoms with Crippen molar-refractivity contribution in [3.8, 4) is 28.6 Å². The molecule has 41 heavy (non-hydrogen) atoms. The van der Waals surface area contributed by atoms with Crippen molar-refractivity contribution in [1.29, 1.82) is 0 Å². The lowest BCUT2D eigenvalue weighted by Gasteiger charge is -2.26. The maximum Gasteiger partial charge on any atom is 0.269 e. The second-order valence-corrected chi connectivity index (χ2v) is 9.66. The molecule has 0 bridgehead atoms. The molecule has 204 valence electrons. The van der Waals surface area contributed by atoms with Gasteiger partial charge < -0.3 is 24.1 Å². The van der Waals surface area contributed by atoms with Gasteiger partial charge in [0.1, 0.15) is 34.8 Å². The number of non-ortho nitro benzene ring substituents is 1. The summed E-state index contributed by atoms with van der Waals surface area (Å²) in [7, 11) is 1.62. The first-order chi connectivity index (χ1) is 20.0. The number of nitrogens with one attached hydrogen (secondary N) is 1. The number of thiocarbonyl (C=S) groups is 1. The van der Waals surface area contributed by atoms with Gasteiger partial charge in [-0.1, -0.05) is 6.07 Å². The SMILES string of the molecule is COc1ccc(Oc2ccc(N3C(=S)N[C@@H](c4ccccn4)[C@H]3c3ccc(-c4ccc([N+](=O)[O-])cc4)o3)cc2)cc1. The zero-order valence-corrected chi connectivity index (χ0v) is 22.7. The molecule has 0 saturated carbocycles. The van der Waals surface area contributed by atoms with Crippen LogP contribution in [0.25, 0.3) is 11.3 Å². The fourth-order valence-electron chi connectivity index (χ4n) is 4.79. The largest absolute Gasteiger partial charge is 0.497 e. The summed E-state index contributed by atoms with van der Waals surface area (Å²) in [5.41, 5.74) is 2.42. The summed E-state index contributed by atoms with van der Waals surface area (Å²) in [5, 5.41) is 15.0. The molecular formula is C31H24N4O5S. The summed E-state index contributed by atoms with van der Waals surface area (Å²) >= 11 is 5.82. The molecule has 3 aromatic carbocycles. The summed E-state index contributed by atoms with van der Waals surface area (Å²) in [5.74, 6) is 3.38. The van der Waals surface area contributed by atoms with E-state index in [0.717, 1.165) is 22.7 Å². The van der Waals surface area contributed by atoms with E-state index in [4.69, 9.17) is 26.1 Å². The van der Waals surface area contributed by atoms with E-state index in [0.29, 0.717) is 28.1 Å². The zero-order valence-electron chi connectivity index (χ0n) is 21.8. The molecule has 0 amide bonds. The maximum atomic E-state index is 11.1. The van der Waals surface area contributed by atoms with Crippen LogP contribution in [0.1, 0.15) is 23.5 Å². The molecule has 3 heterocycles. The van der Waals surface area contributed by atoms with Crippen molar-refractivity contribution in [2.75, 3.05) is 12.0 Å². The van der Waals surface area contributed by atoms with Crippen molar-refractivity contribution in [3.63, 3.8) is 0 Å². The van der Waals surface area contributed by atoms with Crippen LogP contribution in [-0.2, 0) is 0 Å². The minimum Gasteiger partial charge on any atom is -0.497 e. The fraction of sp³-hybridized carbons (Fsp3) is 0.0968.